The van der Waals surface area contributed by atoms with Gasteiger partial charge >= 0.3 is 6.03 Å². The van der Waals surface area contributed by atoms with Gasteiger partial charge in [0.2, 0.25) is 0 Å². The van der Waals surface area contributed by atoms with Gasteiger partial charge in [-0.2, -0.15) is 0 Å². The number of para-hydroxylation sites is 2. The number of benzene rings is 2. The van der Waals surface area contributed by atoms with E-state index in [1.807, 2.05) is 46.2 Å². The van der Waals surface area contributed by atoms with Crippen LogP contribution in [0, 0.1) is 0 Å². The average molecular weight is 457 g/mol. The summed E-state index contributed by atoms with van der Waals surface area (Å²) in [6.45, 7) is 3.22. The van der Waals surface area contributed by atoms with Crippen LogP contribution in [0.2, 0.25) is 0 Å². The summed E-state index contributed by atoms with van der Waals surface area (Å²) in [4.78, 5) is 35.7. The van der Waals surface area contributed by atoms with Crippen LogP contribution in [-0.4, -0.2) is 41.0 Å². The fourth-order valence-electron chi connectivity index (χ4n) is 6.43. The van der Waals surface area contributed by atoms with Crippen LogP contribution in [0.4, 0.5) is 10.5 Å². The van der Waals surface area contributed by atoms with Crippen LogP contribution in [0.3, 0.4) is 0 Å². The molecule has 1 unspecified atom stereocenters. The van der Waals surface area contributed by atoms with Gasteiger partial charge in [-0.3, -0.25) is 4.79 Å². The highest BCUT2D eigenvalue weighted by atomic mass is 16.2. The first-order chi connectivity index (χ1) is 16.7. The van der Waals surface area contributed by atoms with Crippen LogP contribution < -0.4 is 10.2 Å². The second-order valence-corrected chi connectivity index (χ2v) is 9.89. The lowest BCUT2D eigenvalue weighted by molar-refractivity contribution is -0.126. The average Bonchev–Trinajstić information content (AvgIpc) is 3.36. The second kappa shape index (κ2) is 8.19. The lowest BCUT2D eigenvalue weighted by Gasteiger charge is -2.44. The Labute approximate surface area is 200 Å². The highest BCUT2D eigenvalue weighted by Gasteiger charge is 2.60. The molecule has 34 heavy (non-hydrogen) atoms. The summed E-state index contributed by atoms with van der Waals surface area (Å²) < 4.78 is 0. The molecule has 1 aliphatic carbocycles. The first kappa shape index (κ1) is 21.3. The van der Waals surface area contributed by atoms with E-state index in [-0.39, 0.29) is 18.0 Å². The van der Waals surface area contributed by atoms with E-state index in [9.17, 15) is 9.59 Å². The minimum absolute atomic E-state index is 0.0261. The Kier molecular flexibility index (Phi) is 5.12. The van der Waals surface area contributed by atoms with Gasteiger partial charge in [0.05, 0.1) is 11.4 Å². The summed E-state index contributed by atoms with van der Waals surface area (Å²) in [5.41, 5.74) is 3.67. The molecule has 0 bridgehead atoms. The molecule has 1 saturated carbocycles. The van der Waals surface area contributed by atoms with Crippen molar-refractivity contribution in [1.82, 2.24) is 15.2 Å². The molecule has 2 aromatic carbocycles. The molecule has 1 spiro atoms. The zero-order chi connectivity index (χ0) is 23.3. The van der Waals surface area contributed by atoms with Gasteiger partial charge in [-0.15, -0.1) is 0 Å². The lowest BCUT2D eigenvalue weighted by Crippen LogP contribution is -2.62. The van der Waals surface area contributed by atoms with Crippen molar-refractivity contribution in [3.8, 4) is 0 Å². The molecule has 3 aliphatic rings. The maximum absolute atomic E-state index is 14.5. The zero-order valence-corrected chi connectivity index (χ0v) is 19.8. The molecule has 6 nitrogen and oxygen atoms in total. The number of H-pyrrole nitrogens is 1. The van der Waals surface area contributed by atoms with Crippen molar-refractivity contribution in [2.45, 2.75) is 63.5 Å². The second-order valence-electron chi connectivity index (χ2n) is 9.89. The van der Waals surface area contributed by atoms with Gasteiger partial charge in [-0.1, -0.05) is 62.6 Å². The minimum atomic E-state index is -1.17. The highest BCUT2D eigenvalue weighted by Crippen LogP contribution is 2.52. The number of aromatic nitrogens is 1. The Bertz CT molecular complexity index is 1260. The van der Waals surface area contributed by atoms with Crippen molar-refractivity contribution < 1.29 is 9.59 Å². The molecule has 3 aromatic rings. The molecule has 6 heteroatoms. The largest absolute Gasteiger partial charge is 0.355 e. The number of carbonyl (C=O) groups is 2. The van der Waals surface area contributed by atoms with Crippen LogP contribution in [0.5, 0.6) is 0 Å². The normalized spacial score (nSPS) is 22.3. The Hall–Kier alpha value is -3.28. The van der Waals surface area contributed by atoms with Crippen molar-refractivity contribution in [3.05, 3.63) is 65.4 Å². The van der Waals surface area contributed by atoms with Crippen LogP contribution in [0.25, 0.3) is 10.9 Å². The van der Waals surface area contributed by atoms with Crippen molar-refractivity contribution in [3.63, 3.8) is 0 Å². The molecule has 6 rings (SSSR count). The van der Waals surface area contributed by atoms with Crippen molar-refractivity contribution in [1.29, 1.82) is 0 Å². The van der Waals surface area contributed by atoms with E-state index in [1.54, 1.807) is 0 Å². The molecular weight excluding hydrogens is 424 g/mol. The van der Waals surface area contributed by atoms with E-state index >= 15 is 0 Å². The molecule has 3 heterocycles. The Morgan fingerprint density at radius 2 is 1.85 bits per heavy atom. The summed E-state index contributed by atoms with van der Waals surface area (Å²) in [5.74, 6) is -0.0261. The molecule has 2 aliphatic heterocycles. The molecule has 3 amide bonds. The first-order valence-electron chi connectivity index (χ1n) is 12.8. The molecule has 176 valence electrons. The van der Waals surface area contributed by atoms with E-state index in [4.69, 9.17) is 0 Å². The third kappa shape index (κ3) is 2.93. The Balaban J connectivity index is 1.55. The fourth-order valence-corrected chi connectivity index (χ4v) is 6.43. The first-order valence-corrected chi connectivity index (χ1v) is 12.8. The number of nitrogens with zero attached hydrogens (tertiary/aromatic N) is 2. The van der Waals surface area contributed by atoms with Crippen LogP contribution in [0.1, 0.15) is 62.3 Å². The highest BCUT2D eigenvalue weighted by molar-refractivity contribution is 6.12. The smallest absolute Gasteiger partial charge is 0.319 e. The third-order valence-electron chi connectivity index (χ3n) is 7.93. The van der Waals surface area contributed by atoms with E-state index in [0.29, 0.717) is 13.1 Å². The summed E-state index contributed by atoms with van der Waals surface area (Å²) in [6, 6.07) is 16.3. The number of anilines is 1. The van der Waals surface area contributed by atoms with E-state index in [0.717, 1.165) is 71.9 Å². The van der Waals surface area contributed by atoms with Gasteiger partial charge in [-0.25, -0.2) is 4.79 Å². The van der Waals surface area contributed by atoms with Gasteiger partial charge in [0.1, 0.15) is 0 Å². The summed E-state index contributed by atoms with van der Waals surface area (Å²) >= 11 is 0. The third-order valence-corrected chi connectivity index (χ3v) is 7.93. The van der Waals surface area contributed by atoms with Gasteiger partial charge in [-0.05, 0) is 43.4 Å². The number of amides is 3. The summed E-state index contributed by atoms with van der Waals surface area (Å²) in [7, 11) is 0. The minimum Gasteiger partial charge on any atom is -0.355 e. The fraction of sp³-hybridized carbons (Fsp3) is 0.429. The SMILES string of the molecule is CCCN1C(=O)C2(c3ccccc31)c1[nH]c3ccccc3c1CCN2C(=O)NC1CCCCC1. The topological polar surface area (TPSA) is 68.4 Å². The monoisotopic (exact) mass is 456 g/mol. The maximum atomic E-state index is 14.5. The Morgan fingerprint density at radius 1 is 1.09 bits per heavy atom. The Morgan fingerprint density at radius 3 is 2.68 bits per heavy atom. The molecular formula is C28H32N4O2. The van der Waals surface area contributed by atoms with Gasteiger partial charge in [0, 0.05) is 35.6 Å². The van der Waals surface area contributed by atoms with Crippen molar-refractivity contribution in [2.75, 3.05) is 18.0 Å². The number of hydrogen-bond acceptors (Lipinski definition) is 2. The van der Waals surface area contributed by atoms with Gasteiger partial charge in [0.25, 0.3) is 5.91 Å². The van der Waals surface area contributed by atoms with Gasteiger partial charge < -0.3 is 20.1 Å². The summed E-state index contributed by atoms with van der Waals surface area (Å²) in [5, 5.41) is 4.45. The van der Waals surface area contributed by atoms with E-state index in [1.165, 1.54) is 6.42 Å². The number of nitrogens with one attached hydrogen (secondary N) is 2. The number of hydrogen-bond donors (Lipinski definition) is 2. The molecule has 0 saturated heterocycles. The predicted molar refractivity (Wildman–Crippen MR) is 134 cm³/mol. The number of rotatable bonds is 3. The standard InChI is InChI=1S/C28H32N4O2/c1-2-17-31-24-15-9-7-13-22(24)28(26(31)33)25-21(20-12-6-8-14-23(20)30-25)16-18-32(28)27(34)29-19-10-4-3-5-11-19/h6-9,12-15,19,30H,2-5,10-11,16-18H2,1H3,(H,29,34). The lowest BCUT2D eigenvalue weighted by atomic mass is 9.80. The zero-order valence-electron chi connectivity index (χ0n) is 19.8. The number of aromatic amines is 1. The molecule has 1 atom stereocenters. The van der Waals surface area contributed by atoms with E-state index in [2.05, 4.69) is 29.4 Å². The quantitative estimate of drug-likeness (QED) is 0.578. The van der Waals surface area contributed by atoms with Crippen molar-refractivity contribution >= 4 is 28.5 Å². The molecule has 1 fully saturated rings. The van der Waals surface area contributed by atoms with E-state index < -0.39 is 5.54 Å². The predicted octanol–water partition coefficient (Wildman–Crippen LogP) is 5.07. The van der Waals surface area contributed by atoms with Crippen LogP contribution >= 0.6 is 0 Å². The molecule has 2 N–H and O–H groups in total. The number of urea groups is 1. The van der Waals surface area contributed by atoms with Gasteiger partial charge in [0.15, 0.2) is 5.54 Å². The number of fused-ring (bicyclic) bond motifs is 6. The van der Waals surface area contributed by atoms with Crippen LogP contribution in [-0.2, 0) is 16.8 Å². The van der Waals surface area contributed by atoms with Crippen LogP contribution in [0.15, 0.2) is 48.5 Å². The van der Waals surface area contributed by atoms with Crippen molar-refractivity contribution in [2.24, 2.45) is 0 Å². The molecule has 1 aromatic heterocycles. The molecule has 0 radical (unpaired) electrons. The summed E-state index contributed by atoms with van der Waals surface area (Å²) in [6.07, 6.45) is 7.12. The maximum Gasteiger partial charge on any atom is 0.319 e. The number of carbonyl (C=O) groups excluding carboxylic acids is 2.